The Hall–Kier alpha value is -1.48. The molecule has 0 aromatic heterocycles. The molecule has 0 aliphatic carbocycles. The molecule has 8 heteroatoms. The van der Waals surface area contributed by atoms with Gasteiger partial charge < -0.3 is 15.4 Å². The molecule has 1 unspecified atom stereocenters. The van der Waals surface area contributed by atoms with Gasteiger partial charge in [-0.1, -0.05) is 19.9 Å². The number of carbonyl (C=O) groups is 1. The van der Waals surface area contributed by atoms with Crippen LogP contribution in [0.4, 0.5) is 5.69 Å². The molecule has 0 saturated carbocycles. The summed E-state index contributed by atoms with van der Waals surface area (Å²) in [5.41, 5.74) is 1.11. The number of carbonyl (C=O) groups excluding carboxylic acids is 1. The van der Waals surface area contributed by atoms with E-state index in [1.807, 2.05) is 0 Å². The molecule has 1 saturated heterocycles. The molecule has 7 nitrogen and oxygen atoms in total. The van der Waals surface area contributed by atoms with Gasteiger partial charge in [0.05, 0.1) is 18.1 Å². The van der Waals surface area contributed by atoms with Gasteiger partial charge in [0.15, 0.2) is 0 Å². The lowest BCUT2D eigenvalue weighted by Gasteiger charge is -2.23. The fourth-order valence-electron chi connectivity index (χ4n) is 2.62. The minimum absolute atomic E-state index is 0.219. The maximum atomic E-state index is 12.7. The van der Waals surface area contributed by atoms with Gasteiger partial charge in [-0.25, -0.2) is 8.42 Å². The largest absolute Gasteiger partial charge is 0.378 e. The first-order valence-electron chi connectivity index (χ1n) is 8.13. The van der Waals surface area contributed by atoms with Gasteiger partial charge in [-0.15, -0.1) is 0 Å². The van der Waals surface area contributed by atoms with Gasteiger partial charge >= 0.3 is 0 Å². The van der Waals surface area contributed by atoms with Crippen LogP contribution in [0.1, 0.15) is 19.4 Å². The molecule has 1 atom stereocenters. The zero-order valence-corrected chi connectivity index (χ0v) is 15.1. The van der Waals surface area contributed by atoms with Crippen LogP contribution >= 0.6 is 0 Å². The van der Waals surface area contributed by atoms with Crippen molar-refractivity contribution in [1.29, 1.82) is 0 Å². The number of hydrogen-bond acceptors (Lipinski definition) is 5. The van der Waals surface area contributed by atoms with Crippen LogP contribution in [0.5, 0.6) is 0 Å². The third kappa shape index (κ3) is 4.13. The second-order valence-electron chi connectivity index (χ2n) is 5.64. The number of anilines is 1. The fraction of sp³-hybridized carbons (Fsp3) is 0.562. The van der Waals surface area contributed by atoms with E-state index in [0.29, 0.717) is 44.1 Å². The van der Waals surface area contributed by atoms with Crippen molar-refractivity contribution in [3.8, 4) is 0 Å². The number of ether oxygens (including phenoxy) is 1. The van der Waals surface area contributed by atoms with Crippen LogP contribution in [0.2, 0.25) is 0 Å². The van der Waals surface area contributed by atoms with E-state index in [1.165, 1.54) is 10.4 Å². The summed E-state index contributed by atoms with van der Waals surface area (Å²) in [4.78, 5) is 12.5. The molecule has 134 valence electrons. The van der Waals surface area contributed by atoms with Gasteiger partial charge in [0.1, 0.15) is 6.04 Å². The average molecular weight is 355 g/mol. The predicted molar refractivity (Wildman–Crippen MR) is 92.5 cm³/mol. The lowest BCUT2D eigenvalue weighted by Crippen LogP contribution is -2.48. The molecular formula is C16H25N3O4S. The van der Waals surface area contributed by atoms with Crippen molar-refractivity contribution in [2.24, 2.45) is 0 Å². The highest BCUT2D eigenvalue weighted by Crippen LogP contribution is 2.23. The van der Waals surface area contributed by atoms with E-state index < -0.39 is 16.1 Å². The van der Waals surface area contributed by atoms with E-state index in [4.69, 9.17) is 4.74 Å². The predicted octanol–water partition coefficient (Wildman–Crippen LogP) is 0.952. The lowest BCUT2D eigenvalue weighted by atomic mass is 10.2. The number of amides is 1. The standard InChI is InChI=1S/C16H25N3O4S/c1-4-19(5-2)24(21,22)15-10-13(7-6-12(15)3)18-16(20)14-11-23-9-8-17-14/h6-7,10,14,17H,4-5,8-9,11H2,1-3H3,(H,18,20). The molecule has 1 heterocycles. The third-order valence-corrected chi connectivity index (χ3v) is 6.21. The summed E-state index contributed by atoms with van der Waals surface area (Å²) in [7, 11) is -3.57. The maximum Gasteiger partial charge on any atom is 0.243 e. The van der Waals surface area contributed by atoms with Crippen LogP contribution < -0.4 is 10.6 Å². The van der Waals surface area contributed by atoms with Crippen LogP contribution in [-0.4, -0.2) is 57.5 Å². The van der Waals surface area contributed by atoms with Crippen molar-refractivity contribution < 1.29 is 17.9 Å². The minimum Gasteiger partial charge on any atom is -0.378 e. The summed E-state index contributed by atoms with van der Waals surface area (Å²) in [6.45, 7) is 7.67. The molecule has 0 spiro atoms. The molecule has 2 N–H and O–H groups in total. The van der Waals surface area contributed by atoms with Gasteiger partial charge in [-0.05, 0) is 24.6 Å². The third-order valence-electron chi connectivity index (χ3n) is 4.02. The molecule has 0 radical (unpaired) electrons. The van der Waals surface area contributed by atoms with E-state index >= 15 is 0 Å². The van der Waals surface area contributed by atoms with Gasteiger partial charge in [0, 0.05) is 25.3 Å². The molecule has 1 aromatic rings. The first-order chi connectivity index (χ1) is 11.4. The molecule has 1 aliphatic heterocycles. The number of nitrogens with one attached hydrogen (secondary N) is 2. The molecule has 0 bridgehead atoms. The number of rotatable bonds is 6. The van der Waals surface area contributed by atoms with Crippen LogP contribution in [0, 0.1) is 6.92 Å². The van der Waals surface area contributed by atoms with Gasteiger partial charge in [-0.3, -0.25) is 4.79 Å². The van der Waals surface area contributed by atoms with Crippen LogP contribution in [0.15, 0.2) is 23.1 Å². The van der Waals surface area contributed by atoms with Gasteiger partial charge in [0.2, 0.25) is 15.9 Å². The highest BCUT2D eigenvalue weighted by Gasteiger charge is 2.25. The molecule has 1 aromatic carbocycles. The highest BCUT2D eigenvalue weighted by molar-refractivity contribution is 7.89. The van der Waals surface area contributed by atoms with E-state index in [-0.39, 0.29) is 10.8 Å². The lowest BCUT2D eigenvalue weighted by molar-refractivity contribution is -0.120. The Morgan fingerprint density at radius 3 is 2.67 bits per heavy atom. The average Bonchev–Trinajstić information content (AvgIpc) is 2.58. The minimum atomic E-state index is -3.57. The zero-order valence-electron chi connectivity index (χ0n) is 14.3. The first kappa shape index (κ1) is 18.9. The van der Waals surface area contributed by atoms with Crippen molar-refractivity contribution in [2.45, 2.75) is 31.7 Å². The van der Waals surface area contributed by atoms with Crippen molar-refractivity contribution in [3.63, 3.8) is 0 Å². The van der Waals surface area contributed by atoms with Crippen LogP contribution in [-0.2, 0) is 19.6 Å². The van der Waals surface area contributed by atoms with E-state index in [0.717, 1.165) is 0 Å². The Morgan fingerprint density at radius 2 is 2.08 bits per heavy atom. The van der Waals surface area contributed by atoms with Crippen molar-refractivity contribution in [2.75, 3.05) is 38.2 Å². The smallest absolute Gasteiger partial charge is 0.243 e. The van der Waals surface area contributed by atoms with Crippen molar-refractivity contribution in [1.82, 2.24) is 9.62 Å². The summed E-state index contributed by atoms with van der Waals surface area (Å²) in [5, 5.41) is 5.83. The Balaban J connectivity index is 2.23. The number of aryl methyl sites for hydroxylation is 1. The molecule has 2 rings (SSSR count). The number of morpholine rings is 1. The van der Waals surface area contributed by atoms with E-state index in [1.54, 1.807) is 32.9 Å². The van der Waals surface area contributed by atoms with E-state index in [2.05, 4.69) is 10.6 Å². The monoisotopic (exact) mass is 355 g/mol. The van der Waals surface area contributed by atoms with E-state index in [9.17, 15) is 13.2 Å². The quantitative estimate of drug-likeness (QED) is 0.793. The zero-order chi connectivity index (χ0) is 17.7. The molecular weight excluding hydrogens is 330 g/mol. The molecule has 1 fully saturated rings. The summed E-state index contributed by atoms with van der Waals surface area (Å²) >= 11 is 0. The Bertz CT molecular complexity index is 681. The van der Waals surface area contributed by atoms with Gasteiger partial charge in [-0.2, -0.15) is 4.31 Å². The number of sulfonamides is 1. The molecule has 24 heavy (non-hydrogen) atoms. The SMILES string of the molecule is CCN(CC)S(=O)(=O)c1cc(NC(=O)C2COCCN2)ccc1C. The highest BCUT2D eigenvalue weighted by atomic mass is 32.2. The second-order valence-corrected chi connectivity index (χ2v) is 7.55. The van der Waals surface area contributed by atoms with Gasteiger partial charge in [0.25, 0.3) is 0 Å². The normalized spacial score (nSPS) is 18.6. The maximum absolute atomic E-state index is 12.7. The Morgan fingerprint density at radius 1 is 1.38 bits per heavy atom. The Labute approximate surface area is 143 Å². The summed E-state index contributed by atoms with van der Waals surface area (Å²) in [6, 6.07) is 4.50. The number of hydrogen-bond donors (Lipinski definition) is 2. The molecule has 1 aliphatic rings. The second kappa shape index (κ2) is 8.06. The van der Waals surface area contributed by atoms with Crippen LogP contribution in [0.25, 0.3) is 0 Å². The summed E-state index contributed by atoms with van der Waals surface area (Å²) in [5.74, 6) is -0.232. The topological polar surface area (TPSA) is 87.7 Å². The van der Waals surface area contributed by atoms with Crippen molar-refractivity contribution in [3.05, 3.63) is 23.8 Å². The summed E-state index contributed by atoms with van der Waals surface area (Å²) < 4.78 is 32.1. The molecule has 1 amide bonds. The van der Waals surface area contributed by atoms with Crippen LogP contribution in [0.3, 0.4) is 0 Å². The first-order valence-corrected chi connectivity index (χ1v) is 9.57. The summed E-state index contributed by atoms with van der Waals surface area (Å²) in [6.07, 6.45) is 0. The Kier molecular flexibility index (Phi) is 6.34. The fourth-order valence-corrected chi connectivity index (χ4v) is 4.33. The number of benzene rings is 1. The number of nitrogens with zero attached hydrogens (tertiary/aromatic N) is 1. The van der Waals surface area contributed by atoms with Crippen molar-refractivity contribution >= 4 is 21.6 Å².